The lowest BCUT2D eigenvalue weighted by Gasteiger charge is -2.08. The van der Waals surface area contributed by atoms with E-state index >= 15 is 0 Å². The van der Waals surface area contributed by atoms with Gasteiger partial charge in [0.05, 0.1) is 12.2 Å². The van der Waals surface area contributed by atoms with Gasteiger partial charge in [-0.25, -0.2) is 4.79 Å². The molecular weight excluding hydrogens is 344 g/mol. The summed E-state index contributed by atoms with van der Waals surface area (Å²) in [6, 6.07) is 20.7. The first kappa shape index (κ1) is 16.5. The molecule has 0 saturated heterocycles. The van der Waals surface area contributed by atoms with E-state index in [1.54, 1.807) is 42.5 Å². The van der Waals surface area contributed by atoms with Crippen LogP contribution in [0.5, 0.6) is 0 Å². The van der Waals surface area contributed by atoms with E-state index in [-0.39, 0.29) is 12.4 Å². The lowest BCUT2D eigenvalue weighted by molar-refractivity contribution is 0.0523. The third-order valence-electron chi connectivity index (χ3n) is 4.31. The third-order valence-corrected chi connectivity index (χ3v) is 5.46. The van der Waals surface area contributed by atoms with Crippen LogP contribution < -0.4 is 0 Å². The number of carbonyl (C=O) groups excluding carboxylic acids is 2. The fourth-order valence-electron chi connectivity index (χ4n) is 3.09. The molecule has 26 heavy (non-hydrogen) atoms. The van der Waals surface area contributed by atoms with Crippen molar-refractivity contribution in [2.75, 3.05) is 6.61 Å². The Morgan fingerprint density at radius 3 is 2.35 bits per heavy atom. The van der Waals surface area contributed by atoms with Gasteiger partial charge in [0.2, 0.25) is 0 Å². The van der Waals surface area contributed by atoms with Crippen molar-refractivity contribution in [2.24, 2.45) is 0 Å². The van der Waals surface area contributed by atoms with Crippen LogP contribution in [-0.4, -0.2) is 18.4 Å². The van der Waals surface area contributed by atoms with Crippen molar-refractivity contribution in [3.05, 3.63) is 83.4 Å². The molecule has 0 spiro atoms. The van der Waals surface area contributed by atoms with Gasteiger partial charge < -0.3 is 4.74 Å². The van der Waals surface area contributed by atoms with Crippen molar-refractivity contribution in [2.45, 2.75) is 6.92 Å². The summed E-state index contributed by atoms with van der Waals surface area (Å²) in [7, 11) is 0. The zero-order chi connectivity index (χ0) is 18.1. The molecule has 4 heteroatoms. The molecule has 3 aromatic carbocycles. The van der Waals surface area contributed by atoms with E-state index in [4.69, 9.17) is 4.74 Å². The maximum atomic E-state index is 13.1. The van der Waals surface area contributed by atoms with Gasteiger partial charge >= 0.3 is 5.97 Å². The van der Waals surface area contributed by atoms with Crippen molar-refractivity contribution >= 4 is 43.3 Å². The summed E-state index contributed by atoms with van der Waals surface area (Å²) < 4.78 is 7.41. The Bertz CT molecular complexity index is 1140. The van der Waals surface area contributed by atoms with Crippen LogP contribution in [-0.2, 0) is 4.74 Å². The predicted molar refractivity (Wildman–Crippen MR) is 105 cm³/mol. The number of fused-ring (bicyclic) bond motifs is 3. The number of hydrogen-bond acceptors (Lipinski definition) is 4. The maximum Gasteiger partial charge on any atom is 0.338 e. The molecule has 3 nitrogen and oxygen atoms in total. The highest BCUT2D eigenvalue weighted by molar-refractivity contribution is 7.25. The summed E-state index contributed by atoms with van der Waals surface area (Å²) in [5.74, 6) is -0.649. The Morgan fingerprint density at radius 1 is 0.846 bits per heavy atom. The van der Waals surface area contributed by atoms with Gasteiger partial charge in [-0.1, -0.05) is 36.4 Å². The molecule has 4 aromatic rings. The average Bonchev–Trinajstić information content (AvgIpc) is 3.05. The maximum absolute atomic E-state index is 13.1. The van der Waals surface area contributed by atoms with Gasteiger partial charge in [0.1, 0.15) is 0 Å². The van der Waals surface area contributed by atoms with E-state index in [0.29, 0.717) is 16.7 Å². The molecule has 1 aromatic heterocycles. The van der Waals surface area contributed by atoms with Crippen LogP contribution in [0.15, 0.2) is 66.7 Å². The minimum absolute atomic E-state index is 0.175. The minimum Gasteiger partial charge on any atom is -0.462 e. The van der Waals surface area contributed by atoms with Crippen LogP contribution in [0.4, 0.5) is 0 Å². The molecule has 0 aliphatic heterocycles. The number of carbonyl (C=O) groups is 2. The monoisotopic (exact) mass is 360 g/mol. The zero-order valence-corrected chi connectivity index (χ0v) is 15.0. The molecule has 4 rings (SSSR count). The lowest BCUT2D eigenvalue weighted by Crippen LogP contribution is -2.12. The highest BCUT2D eigenvalue weighted by Gasteiger charge is 2.19. The lowest BCUT2D eigenvalue weighted by atomic mass is 9.97. The van der Waals surface area contributed by atoms with Gasteiger partial charge in [-0.15, -0.1) is 11.3 Å². The van der Waals surface area contributed by atoms with Crippen molar-refractivity contribution < 1.29 is 14.3 Å². The van der Waals surface area contributed by atoms with Crippen LogP contribution in [0, 0.1) is 0 Å². The second kappa shape index (κ2) is 6.73. The molecule has 0 fully saturated rings. The largest absolute Gasteiger partial charge is 0.462 e. The van der Waals surface area contributed by atoms with Crippen molar-refractivity contribution in [3.8, 4) is 0 Å². The summed E-state index contributed by atoms with van der Waals surface area (Å²) >= 11 is 1.71. The molecule has 0 amide bonds. The number of thiophene rings is 1. The van der Waals surface area contributed by atoms with E-state index in [1.165, 1.54) is 4.70 Å². The zero-order valence-electron chi connectivity index (χ0n) is 14.2. The first-order valence-corrected chi connectivity index (χ1v) is 9.23. The Labute approximate surface area is 154 Å². The molecule has 128 valence electrons. The first-order chi connectivity index (χ1) is 12.7. The van der Waals surface area contributed by atoms with Crippen LogP contribution in [0.3, 0.4) is 0 Å². The second-order valence-corrected chi connectivity index (χ2v) is 6.99. The summed E-state index contributed by atoms with van der Waals surface area (Å²) in [6.07, 6.45) is 0. The van der Waals surface area contributed by atoms with Gasteiger partial charge in [0.25, 0.3) is 0 Å². The van der Waals surface area contributed by atoms with Gasteiger partial charge in [-0.05, 0) is 37.3 Å². The molecule has 0 aliphatic carbocycles. The topological polar surface area (TPSA) is 43.4 Å². The standard InChI is InChI=1S/C22H16O3S/c1-2-25-22(24)17-9-4-3-8-16(17)21(23)14-11-12-20-18(13-14)15-7-5-6-10-19(15)26-20/h3-13H,2H2,1H3. The smallest absolute Gasteiger partial charge is 0.338 e. The van der Waals surface area contributed by atoms with E-state index < -0.39 is 5.97 Å². The molecule has 1 heterocycles. The number of ketones is 1. The Balaban J connectivity index is 1.82. The number of benzene rings is 3. The first-order valence-electron chi connectivity index (χ1n) is 8.41. The molecule has 0 bridgehead atoms. The highest BCUT2D eigenvalue weighted by Crippen LogP contribution is 2.34. The van der Waals surface area contributed by atoms with Crippen LogP contribution in [0.1, 0.15) is 33.2 Å². The van der Waals surface area contributed by atoms with E-state index in [9.17, 15) is 9.59 Å². The highest BCUT2D eigenvalue weighted by atomic mass is 32.1. The van der Waals surface area contributed by atoms with Crippen LogP contribution >= 0.6 is 11.3 Å². The van der Waals surface area contributed by atoms with Crippen molar-refractivity contribution in [3.63, 3.8) is 0 Å². The fraction of sp³-hybridized carbons (Fsp3) is 0.0909. The molecule has 0 aliphatic rings. The van der Waals surface area contributed by atoms with E-state index in [0.717, 1.165) is 15.5 Å². The molecule has 0 unspecified atom stereocenters. The van der Waals surface area contributed by atoms with Crippen molar-refractivity contribution in [1.82, 2.24) is 0 Å². The number of ether oxygens (including phenoxy) is 1. The molecule has 0 saturated carbocycles. The second-order valence-electron chi connectivity index (χ2n) is 5.90. The van der Waals surface area contributed by atoms with Gasteiger partial charge in [-0.2, -0.15) is 0 Å². The quantitative estimate of drug-likeness (QED) is 0.358. The SMILES string of the molecule is CCOC(=O)c1ccccc1C(=O)c1ccc2sc3ccccc3c2c1. The molecule has 0 radical (unpaired) electrons. The summed E-state index contributed by atoms with van der Waals surface area (Å²) in [6.45, 7) is 2.02. The number of esters is 1. The molecule has 0 N–H and O–H groups in total. The van der Waals surface area contributed by atoms with Gasteiger partial charge in [0.15, 0.2) is 5.78 Å². The normalized spacial score (nSPS) is 11.0. The summed E-state index contributed by atoms with van der Waals surface area (Å²) in [4.78, 5) is 25.2. The Kier molecular flexibility index (Phi) is 4.27. The molecule has 0 atom stereocenters. The number of rotatable bonds is 4. The fourth-order valence-corrected chi connectivity index (χ4v) is 4.18. The van der Waals surface area contributed by atoms with Crippen molar-refractivity contribution in [1.29, 1.82) is 0 Å². The van der Waals surface area contributed by atoms with Crippen LogP contribution in [0.25, 0.3) is 20.2 Å². The van der Waals surface area contributed by atoms with Crippen LogP contribution in [0.2, 0.25) is 0 Å². The van der Waals surface area contributed by atoms with Gasteiger partial charge in [-0.3, -0.25) is 4.79 Å². The van der Waals surface area contributed by atoms with E-state index in [1.807, 2.05) is 30.3 Å². The van der Waals surface area contributed by atoms with Gasteiger partial charge in [0, 0.05) is 31.3 Å². The molecular formula is C22H16O3S. The Hall–Kier alpha value is -2.98. The van der Waals surface area contributed by atoms with E-state index in [2.05, 4.69) is 12.1 Å². The third kappa shape index (κ3) is 2.78. The minimum atomic E-state index is -0.474. The number of hydrogen-bond donors (Lipinski definition) is 0. The average molecular weight is 360 g/mol. The summed E-state index contributed by atoms with van der Waals surface area (Å²) in [5, 5.41) is 2.20. The Morgan fingerprint density at radius 2 is 1.54 bits per heavy atom. The summed E-state index contributed by atoms with van der Waals surface area (Å²) in [5.41, 5.74) is 1.23. The predicted octanol–water partition coefficient (Wildman–Crippen LogP) is 5.46.